The lowest BCUT2D eigenvalue weighted by atomic mass is 9.86. The van der Waals surface area contributed by atoms with Gasteiger partial charge in [0, 0.05) is 25.7 Å². The average Bonchev–Trinajstić information content (AvgIpc) is 3.01. The zero-order chi connectivity index (χ0) is 17.9. The number of carbonyl (C=O) groups is 2. The minimum atomic E-state index is -0.710. The summed E-state index contributed by atoms with van der Waals surface area (Å²) in [5.74, 6) is 0.0572. The normalized spacial score (nSPS) is 15.0. The number of rotatable bonds is 5. The first-order valence-electron chi connectivity index (χ1n) is 7.83. The SMILES string of the molecule is CC(=O)N1CC(CC#N)(NC(=O)c2cn[nH]c2Nc2ccccc2)C1. The maximum atomic E-state index is 12.7. The van der Waals surface area contributed by atoms with Gasteiger partial charge in [-0.3, -0.25) is 14.7 Å². The van der Waals surface area contributed by atoms with Gasteiger partial charge >= 0.3 is 0 Å². The first-order chi connectivity index (χ1) is 12.0. The second-order valence-electron chi connectivity index (χ2n) is 6.09. The molecule has 0 spiro atoms. The van der Waals surface area contributed by atoms with E-state index in [0.717, 1.165) is 5.69 Å². The van der Waals surface area contributed by atoms with Crippen molar-refractivity contribution in [1.29, 1.82) is 5.26 Å². The fourth-order valence-corrected chi connectivity index (χ4v) is 2.82. The third kappa shape index (κ3) is 3.45. The predicted molar refractivity (Wildman–Crippen MR) is 91.0 cm³/mol. The van der Waals surface area contributed by atoms with Gasteiger partial charge in [-0.15, -0.1) is 0 Å². The highest BCUT2D eigenvalue weighted by atomic mass is 16.2. The minimum absolute atomic E-state index is 0.0717. The number of aromatic nitrogens is 2. The smallest absolute Gasteiger partial charge is 0.257 e. The number of hydrogen-bond acceptors (Lipinski definition) is 5. The van der Waals surface area contributed by atoms with Crippen LogP contribution in [0.3, 0.4) is 0 Å². The topological polar surface area (TPSA) is 114 Å². The lowest BCUT2D eigenvalue weighted by Crippen LogP contribution is -2.70. The highest BCUT2D eigenvalue weighted by molar-refractivity contribution is 5.99. The van der Waals surface area contributed by atoms with E-state index in [-0.39, 0.29) is 18.2 Å². The number of nitrogens with one attached hydrogen (secondary N) is 3. The van der Waals surface area contributed by atoms with E-state index < -0.39 is 5.54 Å². The number of para-hydroxylation sites is 1. The van der Waals surface area contributed by atoms with Crippen LogP contribution in [0.5, 0.6) is 0 Å². The number of carbonyl (C=O) groups excluding carboxylic acids is 2. The summed E-state index contributed by atoms with van der Waals surface area (Å²) in [5, 5.41) is 21.7. The van der Waals surface area contributed by atoms with E-state index in [2.05, 4.69) is 26.9 Å². The lowest BCUT2D eigenvalue weighted by Gasteiger charge is -2.49. The summed E-state index contributed by atoms with van der Waals surface area (Å²) < 4.78 is 0. The van der Waals surface area contributed by atoms with Crippen LogP contribution in [0.1, 0.15) is 23.7 Å². The molecule has 1 aromatic heterocycles. The average molecular weight is 338 g/mol. The molecular weight excluding hydrogens is 320 g/mol. The van der Waals surface area contributed by atoms with Gasteiger partial charge in [-0.1, -0.05) is 18.2 Å². The van der Waals surface area contributed by atoms with Crippen LogP contribution in [-0.4, -0.2) is 45.5 Å². The van der Waals surface area contributed by atoms with Crippen LogP contribution < -0.4 is 10.6 Å². The monoisotopic (exact) mass is 338 g/mol. The van der Waals surface area contributed by atoms with Gasteiger partial charge in [0.2, 0.25) is 5.91 Å². The fraction of sp³-hybridized carbons (Fsp3) is 0.294. The standard InChI is InChI=1S/C17H18N6O2/c1-12(24)23-10-17(11-23,7-8-18)21-16(25)14-9-19-22-15(14)20-13-5-3-2-4-6-13/h2-6,9H,7,10-11H2,1H3,(H,21,25)(H2,19,20,22). The lowest BCUT2D eigenvalue weighted by molar-refractivity contribution is -0.136. The molecule has 25 heavy (non-hydrogen) atoms. The van der Waals surface area contributed by atoms with Gasteiger partial charge in [-0.05, 0) is 12.1 Å². The molecule has 3 N–H and O–H groups in total. The quantitative estimate of drug-likeness (QED) is 0.762. The summed E-state index contributed by atoms with van der Waals surface area (Å²) in [4.78, 5) is 25.6. The Kier molecular flexibility index (Phi) is 4.39. The van der Waals surface area contributed by atoms with Gasteiger partial charge in [0.15, 0.2) is 0 Å². The molecule has 0 unspecified atom stereocenters. The molecule has 0 aliphatic carbocycles. The van der Waals surface area contributed by atoms with Gasteiger partial charge in [0.1, 0.15) is 11.4 Å². The Bertz CT molecular complexity index is 817. The number of nitriles is 1. The van der Waals surface area contributed by atoms with Crippen molar-refractivity contribution in [3.05, 3.63) is 42.1 Å². The van der Waals surface area contributed by atoms with E-state index in [4.69, 9.17) is 5.26 Å². The van der Waals surface area contributed by atoms with E-state index in [1.54, 1.807) is 4.90 Å². The summed E-state index contributed by atoms with van der Waals surface area (Å²) in [6.07, 6.45) is 1.57. The van der Waals surface area contributed by atoms with Gasteiger partial charge in [-0.25, -0.2) is 0 Å². The molecule has 2 heterocycles. The van der Waals surface area contributed by atoms with Crippen LogP contribution in [0.15, 0.2) is 36.5 Å². The minimum Gasteiger partial charge on any atom is -0.342 e. The molecule has 1 aliphatic heterocycles. The van der Waals surface area contributed by atoms with Crippen LogP contribution in [0.4, 0.5) is 11.5 Å². The van der Waals surface area contributed by atoms with E-state index >= 15 is 0 Å². The molecule has 0 saturated carbocycles. The zero-order valence-electron chi connectivity index (χ0n) is 13.7. The number of likely N-dealkylation sites (tertiary alicyclic amines) is 1. The Labute approximate surface area is 144 Å². The molecule has 1 saturated heterocycles. The summed E-state index contributed by atoms with van der Waals surface area (Å²) >= 11 is 0. The van der Waals surface area contributed by atoms with Gasteiger partial charge in [-0.2, -0.15) is 10.4 Å². The number of anilines is 2. The van der Waals surface area contributed by atoms with Gasteiger partial charge in [0.25, 0.3) is 5.91 Å². The maximum Gasteiger partial charge on any atom is 0.257 e. The maximum absolute atomic E-state index is 12.7. The highest BCUT2D eigenvalue weighted by Gasteiger charge is 2.45. The third-order valence-electron chi connectivity index (χ3n) is 4.16. The van der Waals surface area contributed by atoms with Gasteiger partial charge < -0.3 is 15.5 Å². The molecule has 8 nitrogen and oxygen atoms in total. The molecule has 2 amide bonds. The second-order valence-corrected chi connectivity index (χ2v) is 6.09. The molecule has 128 valence electrons. The first-order valence-corrected chi connectivity index (χ1v) is 7.83. The number of aromatic amines is 1. The van der Waals surface area contributed by atoms with E-state index in [1.165, 1.54) is 13.1 Å². The number of nitrogens with zero attached hydrogens (tertiary/aromatic N) is 3. The summed E-state index contributed by atoms with van der Waals surface area (Å²) in [6, 6.07) is 11.5. The van der Waals surface area contributed by atoms with Crippen LogP contribution in [0.2, 0.25) is 0 Å². The molecule has 0 radical (unpaired) electrons. The van der Waals surface area contributed by atoms with Crippen molar-refractivity contribution in [1.82, 2.24) is 20.4 Å². The van der Waals surface area contributed by atoms with Crippen molar-refractivity contribution in [2.45, 2.75) is 18.9 Å². The molecule has 3 rings (SSSR count). The van der Waals surface area contributed by atoms with Crippen LogP contribution in [0, 0.1) is 11.3 Å². The molecule has 8 heteroatoms. The largest absolute Gasteiger partial charge is 0.342 e. The summed E-state index contributed by atoms with van der Waals surface area (Å²) in [5.41, 5.74) is 0.458. The Hall–Kier alpha value is -3.34. The number of amides is 2. The Morgan fingerprint density at radius 3 is 2.72 bits per heavy atom. The molecule has 2 aromatic rings. The molecular formula is C17H18N6O2. The van der Waals surface area contributed by atoms with E-state index in [1.807, 2.05) is 30.3 Å². The Morgan fingerprint density at radius 2 is 2.08 bits per heavy atom. The highest BCUT2D eigenvalue weighted by Crippen LogP contribution is 2.26. The van der Waals surface area contributed by atoms with E-state index in [0.29, 0.717) is 24.5 Å². The molecule has 1 aromatic carbocycles. The summed E-state index contributed by atoms with van der Waals surface area (Å²) in [7, 11) is 0. The third-order valence-corrected chi connectivity index (χ3v) is 4.16. The van der Waals surface area contributed by atoms with Crippen LogP contribution >= 0.6 is 0 Å². The fourth-order valence-electron chi connectivity index (χ4n) is 2.82. The van der Waals surface area contributed by atoms with Crippen molar-refractivity contribution in [3.63, 3.8) is 0 Å². The predicted octanol–water partition coefficient (Wildman–Crippen LogP) is 1.40. The van der Waals surface area contributed by atoms with Crippen LogP contribution in [-0.2, 0) is 4.79 Å². The van der Waals surface area contributed by atoms with Gasteiger partial charge in [0.05, 0.1) is 24.2 Å². The molecule has 0 bridgehead atoms. The molecule has 0 atom stereocenters. The Balaban J connectivity index is 1.72. The van der Waals surface area contributed by atoms with Crippen molar-refractivity contribution in [2.24, 2.45) is 0 Å². The second kappa shape index (κ2) is 6.65. The van der Waals surface area contributed by atoms with Crippen LogP contribution in [0.25, 0.3) is 0 Å². The number of benzene rings is 1. The Morgan fingerprint density at radius 1 is 1.36 bits per heavy atom. The first kappa shape index (κ1) is 16.5. The number of H-pyrrole nitrogens is 1. The van der Waals surface area contributed by atoms with E-state index in [9.17, 15) is 9.59 Å². The van der Waals surface area contributed by atoms with Crippen molar-refractivity contribution in [2.75, 3.05) is 18.4 Å². The molecule has 1 fully saturated rings. The van der Waals surface area contributed by atoms with Crippen molar-refractivity contribution in [3.8, 4) is 6.07 Å². The molecule has 1 aliphatic rings. The number of hydrogen-bond donors (Lipinski definition) is 3. The summed E-state index contributed by atoms with van der Waals surface area (Å²) in [6.45, 7) is 2.14. The van der Waals surface area contributed by atoms with Crippen molar-refractivity contribution >= 4 is 23.3 Å². The zero-order valence-corrected chi connectivity index (χ0v) is 13.7. The van der Waals surface area contributed by atoms with Crippen molar-refractivity contribution < 1.29 is 9.59 Å².